The molecule has 10 nitrogen and oxygen atoms in total. The maximum Gasteiger partial charge on any atom is 0.248 e. The van der Waals surface area contributed by atoms with Gasteiger partial charge in [-0.1, -0.05) is 58.0 Å². The van der Waals surface area contributed by atoms with E-state index in [1.807, 2.05) is 89.1 Å². The van der Waals surface area contributed by atoms with Crippen LogP contribution in [0, 0.1) is 0 Å². The summed E-state index contributed by atoms with van der Waals surface area (Å²) in [6.07, 6.45) is 9.41. The summed E-state index contributed by atoms with van der Waals surface area (Å²) in [5, 5.41) is 10.5. The molecule has 0 aliphatic heterocycles. The first-order chi connectivity index (χ1) is 21.3. The first-order valence-electron chi connectivity index (χ1n) is 14.8. The Labute approximate surface area is 256 Å². The number of ether oxygens (including phenoxy) is 1. The van der Waals surface area contributed by atoms with Crippen LogP contribution >= 0.6 is 0 Å². The first kappa shape index (κ1) is 29.0. The molecule has 10 heteroatoms. The Hall–Kier alpha value is -5.09. The molecule has 1 amide bonds. The average molecular weight is 589 g/mol. The molecule has 6 rings (SSSR count). The van der Waals surface area contributed by atoms with Gasteiger partial charge in [-0.2, -0.15) is 10.2 Å². The summed E-state index contributed by atoms with van der Waals surface area (Å²) in [6, 6.07) is 17.7. The Morgan fingerprint density at radius 2 is 1.80 bits per heavy atom. The number of benzene rings is 2. The fourth-order valence-corrected chi connectivity index (χ4v) is 5.38. The van der Waals surface area contributed by atoms with Crippen molar-refractivity contribution in [1.29, 1.82) is 0 Å². The molecule has 0 saturated heterocycles. The molecule has 0 spiro atoms. The molecule has 0 saturated carbocycles. The van der Waals surface area contributed by atoms with Gasteiger partial charge >= 0.3 is 0 Å². The van der Waals surface area contributed by atoms with Crippen molar-refractivity contribution in [2.75, 3.05) is 6.61 Å². The van der Waals surface area contributed by atoms with Crippen LogP contribution in [0.1, 0.15) is 66.7 Å². The first-order valence-corrected chi connectivity index (χ1v) is 14.8. The van der Waals surface area contributed by atoms with E-state index in [1.54, 1.807) is 12.3 Å². The Kier molecular flexibility index (Phi) is 8.08. The normalized spacial score (nSPS) is 11.7. The predicted octanol–water partition coefficient (Wildman–Crippen LogP) is 6.03. The van der Waals surface area contributed by atoms with Gasteiger partial charge in [-0.25, -0.2) is 14.6 Å². The van der Waals surface area contributed by atoms with E-state index in [0.29, 0.717) is 25.3 Å². The highest BCUT2D eigenvalue weighted by Crippen LogP contribution is 2.32. The number of primary amides is 1. The molecule has 0 aliphatic rings. The van der Waals surface area contributed by atoms with Crippen molar-refractivity contribution in [2.45, 2.75) is 52.7 Å². The van der Waals surface area contributed by atoms with Crippen molar-refractivity contribution in [3.8, 4) is 22.6 Å². The standard InChI is InChI=1S/C34H36N8O2/c1-22(2)28-16-26(10-11-27(28)33(35)43)42-34-31(32(39-42)23(3)4)30(12-13-36-34)40-19-29(37-21-40)25-17-38-41(18-25)14-15-44-20-24-8-6-5-7-9-24/h5-13,16-19,21-23H,14-15,20H2,1-4H3,(H2,35,43). The number of imidazole rings is 1. The number of aromatic nitrogens is 7. The number of fused-ring (bicyclic) bond motifs is 1. The predicted molar refractivity (Wildman–Crippen MR) is 170 cm³/mol. The van der Waals surface area contributed by atoms with Crippen LogP contribution in [-0.4, -0.2) is 46.6 Å². The van der Waals surface area contributed by atoms with Crippen molar-refractivity contribution < 1.29 is 9.53 Å². The van der Waals surface area contributed by atoms with Gasteiger partial charge in [0.15, 0.2) is 5.65 Å². The van der Waals surface area contributed by atoms with Crippen molar-refractivity contribution in [2.24, 2.45) is 5.73 Å². The SMILES string of the molecule is CC(C)c1cc(-n2nc(C(C)C)c3c(-n4cnc(-c5cnn(CCOCc6ccccc6)c5)c4)ccnc32)ccc1C(N)=O. The van der Waals surface area contributed by atoms with Gasteiger partial charge < -0.3 is 15.0 Å². The molecule has 4 heterocycles. The Bertz CT molecular complexity index is 1920. The van der Waals surface area contributed by atoms with Gasteiger partial charge in [-0.3, -0.25) is 9.48 Å². The monoisotopic (exact) mass is 588 g/mol. The van der Waals surface area contributed by atoms with Crippen molar-refractivity contribution in [3.05, 3.63) is 108 Å². The second-order valence-corrected chi connectivity index (χ2v) is 11.5. The molecule has 44 heavy (non-hydrogen) atoms. The molecular formula is C34H36N8O2. The molecule has 4 aromatic heterocycles. The van der Waals surface area contributed by atoms with E-state index >= 15 is 0 Å². The minimum Gasteiger partial charge on any atom is -0.375 e. The molecule has 0 aliphatic carbocycles. The van der Waals surface area contributed by atoms with E-state index in [1.165, 1.54) is 0 Å². The van der Waals surface area contributed by atoms with Crippen molar-refractivity contribution in [1.82, 2.24) is 34.1 Å². The zero-order chi connectivity index (χ0) is 30.8. The maximum absolute atomic E-state index is 12.1. The van der Waals surface area contributed by atoms with E-state index in [4.69, 9.17) is 25.5 Å². The summed E-state index contributed by atoms with van der Waals surface area (Å²) in [5.74, 6) is -0.184. The lowest BCUT2D eigenvalue weighted by molar-refractivity contribution is 0.0999. The van der Waals surface area contributed by atoms with Gasteiger partial charge in [0.25, 0.3) is 0 Å². The van der Waals surface area contributed by atoms with Crippen LogP contribution < -0.4 is 5.73 Å². The number of rotatable bonds is 11. The number of carbonyl (C=O) groups is 1. The number of carbonyl (C=O) groups excluding carboxylic acids is 1. The smallest absolute Gasteiger partial charge is 0.248 e. The van der Waals surface area contributed by atoms with Crippen LogP contribution in [0.3, 0.4) is 0 Å². The third-order valence-electron chi connectivity index (χ3n) is 7.65. The third-order valence-corrected chi connectivity index (χ3v) is 7.65. The van der Waals surface area contributed by atoms with Crippen LogP contribution in [0.5, 0.6) is 0 Å². The van der Waals surface area contributed by atoms with Crippen LogP contribution in [0.2, 0.25) is 0 Å². The second-order valence-electron chi connectivity index (χ2n) is 11.5. The molecule has 2 N–H and O–H groups in total. The topological polar surface area (TPSA) is 119 Å². The highest BCUT2D eigenvalue weighted by molar-refractivity contribution is 5.95. The average Bonchev–Trinajstić information content (AvgIpc) is 3.78. The molecule has 0 unspecified atom stereocenters. The summed E-state index contributed by atoms with van der Waals surface area (Å²) in [7, 11) is 0. The van der Waals surface area contributed by atoms with Crippen LogP contribution in [0.4, 0.5) is 0 Å². The fraction of sp³-hybridized carbons (Fsp3) is 0.265. The van der Waals surface area contributed by atoms with E-state index in [-0.39, 0.29) is 11.8 Å². The lowest BCUT2D eigenvalue weighted by atomic mass is 9.96. The van der Waals surface area contributed by atoms with Crippen LogP contribution in [0.25, 0.3) is 33.7 Å². The molecule has 224 valence electrons. The van der Waals surface area contributed by atoms with Crippen molar-refractivity contribution >= 4 is 16.9 Å². The molecule has 0 fully saturated rings. The van der Waals surface area contributed by atoms with E-state index in [2.05, 4.69) is 31.1 Å². The number of hydrogen-bond donors (Lipinski definition) is 1. The van der Waals surface area contributed by atoms with Gasteiger partial charge in [-0.15, -0.1) is 0 Å². The van der Waals surface area contributed by atoms with Gasteiger partial charge in [0, 0.05) is 29.7 Å². The Morgan fingerprint density at radius 3 is 2.55 bits per heavy atom. The van der Waals surface area contributed by atoms with E-state index in [9.17, 15) is 4.79 Å². The summed E-state index contributed by atoms with van der Waals surface area (Å²) >= 11 is 0. The van der Waals surface area contributed by atoms with Gasteiger partial charge in [0.05, 0.1) is 60.4 Å². The zero-order valence-corrected chi connectivity index (χ0v) is 25.4. The van der Waals surface area contributed by atoms with E-state index in [0.717, 1.165) is 50.5 Å². The largest absolute Gasteiger partial charge is 0.375 e. The minimum atomic E-state index is -0.438. The lowest BCUT2D eigenvalue weighted by Crippen LogP contribution is -2.15. The van der Waals surface area contributed by atoms with Gasteiger partial charge in [0.2, 0.25) is 5.91 Å². The van der Waals surface area contributed by atoms with Crippen molar-refractivity contribution in [3.63, 3.8) is 0 Å². The number of hydrogen-bond acceptors (Lipinski definition) is 6. The molecule has 0 bridgehead atoms. The number of nitrogens with two attached hydrogens (primary N) is 1. The Balaban J connectivity index is 1.28. The summed E-state index contributed by atoms with van der Waals surface area (Å²) < 4.78 is 11.6. The fourth-order valence-electron chi connectivity index (χ4n) is 5.38. The summed E-state index contributed by atoms with van der Waals surface area (Å²) in [4.78, 5) is 21.5. The molecule has 6 aromatic rings. The minimum absolute atomic E-state index is 0.114. The quantitative estimate of drug-likeness (QED) is 0.185. The van der Waals surface area contributed by atoms with Crippen LogP contribution in [-0.2, 0) is 17.9 Å². The van der Waals surface area contributed by atoms with Gasteiger partial charge in [-0.05, 0) is 47.2 Å². The summed E-state index contributed by atoms with van der Waals surface area (Å²) in [5.41, 5.74) is 13.4. The molecular weight excluding hydrogens is 552 g/mol. The maximum atomic E-state index is 12.1. The highest BCUT2D eigenvalue weighted by atomic mass is 16.5. The molecule has 2 aromatic carbocycles. The second kappa shape index (κ2) is 12.3. The lowest BCUT2D eigenvalue weighted by Gasteiger charge is -2.13. The Morgan fingerprint density at radius 1 is 0.977 bits per heavy atom. The third kappa shape index (κ3) is 5.76. The number of amides is 1. The molecule has 0 atom stereocenters. The van der Waals surface area contributed by atoms with Gasteiger partial charge in [0.1, 0.15) is 0 Å². The zero-order valence-electron chi connectivity index (χ0n) is 25.4. The summed E-state index contributed by atoms with van der Waals surface area (Å²) in [6.45, 7) is 10.1. The molecule has 0 radical (unpaired) electrons. The number of pyridine rings is 1. The van der Waals surface area contributed by atoms with Crippen LogP contribution in [0.15, 0.2) is 85.7 Å². The number of nitrogens with zero attached hydrogens (tertiary/aromatic N) is 7. The van der Waals surface area contributed by atoms with E-state index < -0.39 is 5.91 Å². The highest BCUT2D eigenvalue weighted by Gasteiger charge is 2.22.